The van der Waals surface area contributed by atoms with Gasteiger partial charge in [0.05, 0.1) is 20.6 Å². The zero-order valence-electron chi connectivity index (χ0n) is 16.9. The Balaban J connectivity index is 1.47. The van der Waals surface area contributed by atoms with Gasteiger partial charge < -0.3 is 24.6 Å². The SMILES string of the molecule is COc1ccc(CC(=O)N2CCN(C(=O)NCc3ccccc3)CC2)cc1OC. The van der Waals surface area contributed by atoms with Gasteiger partial charge >= 0.3 is 6.03 Å². The van der Waals surface area contributed by atoms with Crippen molar-refractivity contribution < 1.29 is 19.1 Å². The van der Waals surface area contributed by atoms with E-state index >= 15 is 0 Å². The monoisotopic (exact) mass is 397 g/mol. The standard InChI is InChI=1S/C22H27N3O4/c1-28-19-9-8-18(14-20(19)29-2)15-21(26)24-10-12-25(13-11-24)22(27)23-16-17-6-4-3-5-7-17/h3-9,14H,10-13,15-16H2,1-2H3,(H,23,27). The van der Waals surface area contributed by atoms with Gasteiger partial charge in [0.15, 0.2) is 11.5 Å². The number of urea groups is 1. The summed E-state index contributed by atoms with van der Waals surface area (Å²) in [7, 11) is 3.16. The fraction of sp³-hybridized carbons (Fsp3) is 0.364. The maximum absolute atomic E-state index is 12.6. The minimum absolute atomic E-state index is 0.0431. The second-order valence-electron chi connectivity index (χ2n) is 6.88. The Bertz CT molecular complexity index is 833. The van der Waals surface area contributed by atoms with Crippen LogP contribution in [0.25, 0.3) is 0 Å². The minimum Gasteiger partial charge on any atom is -0.493 e. The zero-order chi connectivity index (χ0) is 20.6. The molecule has 2 aromatic carbocycles. The second-order valence-corrected chi connectivity index (χ2v) is 6.88. The molecule has 0 unspecified atom stereocenters. The number of nitrogens with one attached hydrogen (secondary N) is 1. The Labute approximate surface area is 171 Å². The van der Waals surface area contributed by atoms with E-state index in [1.807, 2.05) is 42.5 Å². The maximum atomic E-state index is 12.6. The van der Waals surface area contributed by atoms with E-state index in [1.165, 1.54) is 0 Å². The highest BCUT2D eigenvalue weighted by Gasteiger charge is 2.24. The van der Waals surface area contributed by atoms with Crippen LogP contribution in [0.5, 0.6) is 11.5 Å². The van der Waals surface area contributed by atoms with Gasteiger partial charge in [-0.3, -0.25) is 4.79 Å². The second kappa shape index (κ2) is 9.82. The van der Waals surface area contributed by atoms with Gasteiger partial charge in [0.2, 0.25) is 5.91 Å². The first-order chi connectivity index (χ1) is 14.1. The number of carbonyl (C=O) groups is 2. The number of amides is 3. The lowest BCUT2D eigenvalue weighted by Crippen LogP contribution is -2.53. The molecule has 1 aliphatic heterocycles. The summed E-state index contributed by atoms with van der Waals surface area (Å²) in [4.78, 5) is 28.6. The van der Waals surface area contributed by atoms with E-state index in [2.05, 4.69) is 5.32 Å². The summed E-state index contributed by atoms with van der Waals surface area (Å²) in [6.07, 6.45) is 0.292. The van der Waals surface area contributed by atoms with Gasteiger partial charge in [-0.15, -0.1) is 0 Å². The molecule has 7 nitrogen and oxygen atoms in total. The maximum Gasteiger partial charge on any atom is 0.317 e. The van der Waals surface area contributed by atoms with Crippen molar-refractivity contribution in [3.63, 3.8) is 0 Å². The van der Waals surface area contributed by atoms with Crippen molar-refractivity contribution in [2.24, 2.45) is 0 Å². The molecule has 0 aliphatic carbocycles. The number of benzene rings is 2. The van der Waals surface area contributed by atoms with Crippen LogP contribution >= 0.6 is 0 Å². The molecule has 0 radical (unpaired) electrons. The highest BCUT2D eigenvalue weighted by molar-refractivity contribution is 5.80. The van der Waals surface area contributed by atoms with Gasteiger partial charge in [0, 0.05) is 32.7 Å². The van der Waals surface area contributed by atoms with Crippen molar-refractivity contribution in [2.75, 3.05) is 40.4 Å². The third-order valence-corrected chi connectivity index (χ3v) is 5.01. The van der Waals surface area contributed by atoms with Crippen molar-refractivity contribution in [3.8, 4) is 11.5 Å². The number of rotatable bonds is 6. The number of piperazine rings is 1. The van der Waals surface area contributed by atoms with Gasteiger partial charge in [-0.2, -0.15) is 0 Å². The van der Waals surface area contributed by atoms with Gasteiger partial charge in [-0.05, 0) is 23.3 Å². The average Bonchev–Trinajstić information content (AvgIpc) is 2.78. The van der Waals surface area contributed by atoms with Crippen LogP contribution in [0.3, 0.4) is 0 Å². The smallest absolute Gasteiger partial charge is 0.317 e. The van der Waals surface area contributed by atoms with Crippen molar-refractivity contribution in [1.29, 1.82) is 0 Å². The predicted molar refractivity (Wildman–Crippen MR) is 110 cm³/mol. The van der Waals surface area contributed by atoms with Crippen LogP contribution in [0.15, 0.2) is 48.5 Å². The topological polar surface area (TPSA) is 71.1 Å². The zero-order valence-corrected chi connectivity index (χ0v) is 16.9. The normalized spacial score (nSPS) is 13.7. The molecule has 3 rings (SSSR count). The molecule has 0 aromatic heterocycles. The van der Waals surface area contributed by atoms with Gasteiger partial charge in [-0.1, -0.05) is 36.4 Å². The van der Waals surface area contributed by atoms with Crippen LogP contribution < -0.4 is 14.8 Å². The lowest BCUT2D eigenvalue weighted by atomic mass is 10.1. The van der Waals surface area contributed by atoms with E-state index in [1.54, 1.807) is 30.1 Å². The van der Waals surface area contributed by atoms with Gasteiger partial charge in [0.25, 0.3) is 0 Å². The summed E-state index contributed by atoms with van der Waals surface area (Å²) in [5.74, 6) is 1.29. The Hall–Kier alpha value is -3.22. The molecule has 0 saturated carbocycles. The molecule has 0 bridgehead atoms. The van der Waals surface area contributed by atoms with Crippen LogP contribution in [0.4, 0.5) is 4.79 Å². The molecule has 2 aromatic rings. The molecule has 29 heavy (non-hydrogen) atoms. The summed E-state index contributed by atoms with van der Waals surface area (Å²) in [5, 5.41) is 2.93. The summed E-state index contributed by atoms with van der Waals surface area (Å²) in [6, 6.07) is 15.2. The molecule has 0 spiro atoms. The average molecular weight is 397 g/mol. The molecule has 1 aliphatic rings. The molecule has 1 N–H and O–H groups in total. The highest BCUT2D eigenvalue weighted by atomic mass is 16.5. The summed E-state index contributed by atoms with van der Waals surface area (Å²) >= 11 is 0. The molecular weight excluding hydrogens is 370 g/mol. The molecule has 0 atom stereocenters. The lowest BCUT2D eigenvalue weighted by molar-refractivity contribution is -0.131. The Morgan fingerprint density at radius 1 is 0.862 bits per heavy atom. The number of carbonyl (C=O) groups excluding carboxylic acids is 2. The van der Waals surface area contributed by atoms with Crippen molar-refractivity contribution in [3.05, 3.63) is 59.7 Å². The highest BCUT2D eigenvalue weighted by Crippen LogP contribution is 2.27. The molecule has 1 fully saturated rings. The summed E-state index contributed by atoms with van der Waals surface area (Å²) in [5.41, 5.74) is 1.93. The quantitative estimate of drug-likeness (QED) is 0.812. The summed E-state index contributed by atoms with van der Waals surface area (Å²) in [6.45, 7) is 2.62. The molecular formula is C22H27N3O4. The predicted octanol–water partition coefficient (Wildman–Crippen LogP) is 2.30. The molecule has 1 heterocycles. The van der Waals surface area contributed by atoms with Crippen molar-refractivity contribution in [1.82, 2.24) is 15.1 Å². The first-order valence-corrected chi connectivity index (χ1v) is 9.66. The van der Waals surface area contributed by atoms with E-state index in [0.29, 0.717) is 50.6 Å². The van der Waals surface area contributed by atoms with Crippen molar-refractivity contribution >= 4 is 11.9 Å². The number of hydrogen-bond donors (Lipinski definition) is 1. The summed E-state index contributed by atoms with van der Waals surface area (Å²) < 4.78 is 10.5. The van der Waals surface area contributed by atoms with Crippen LogP contribution in [-0.2, 0) is 17.8 Å². The van der Waals surface area contributed by atoms with Crippen LogP contribution in [0, 0.1) is 0 Å². The van der Waals surface area contributed by atoms with Crippen LogP contribution in [-0.4, -0.2) is 62.1 Å². The van der Waals surface area contributed by atoms with E-state index < -0.39 is 0 Å². The number of hydrogen-bond acceptors (Lipinski definition) is 4. The van der Waals surface area contributed by atoms with E-state index in [-0.39, 0.29) is 11.9 Å². The number of methoxy groups -OCH3 is 2. The fourth-order valence-corrected chi connectivity index (χ4v) is 3.32. The Morgan fingerprint density at radius 3 is 2.17 bits per heavy atom. The lowest BCUT2D eigenvalue weighted by Gasteiger charge is -2.34. The van der Waals surface area contributed by atoms with Crippen LogP contribution in [0.1, 0.15) is 11.1 Å². The molecule has 7 heteroatoms. The first kappa shape index (κ1) is 20.5. The van der Waals surface area contributed by atoms with Crippen LogP contribution in [0.2, 0.25) is 0 Å². The van der Waals surface area contributed by atoms with Gasteiger partial charge in [-0.25, -0.2) is 4.79 Å². The number of ether oxygens (including phenoxy) is 2. The van der Waals surface area contributed by atoms with Crippen molar-refractivity contribution in [2.45, 2.75) is 13.0 Å². The van der Waals surface area contributed by atoms with Gasteiger partial charge in [0.1, 0.15) is 0 Å². The molecule has 154 valence electrons. The van der Waals surface area contributed by atoms with E-state index in [9.17, 15) is 9.59 Å². The minimum atomic E-state index is -0.0964. The Morgan fingerprint density at radius 2 is 1.52 bits per heavy atom. The largest absolute Gasteiger partial charge is 0.493 e. The number of nitrogens with zero attached hydrogens (tertiary/aromatic N) is 2. The van der Waals surface area contributed by atoms with E-state index in [0.717, 1.165) is 11.1 Å². The third-order valence-electron chi connectivity index (χ3n) is 5.01. The molecule has 1 saturated heterocycles. The first-order valence-electron chi connectivity index (χ1n) is 9.66. The fourth-order valence-electron chi connectivity index (χ4n) is 3.32. The molecule has 3 amide bonds. The Kier molecular flexibility index (Phi) is 6.94. The van der Waals surface area contributed by atoms with E-state index in [4.69, 9.17) is 9.47 Å². The third kappa shape index (κ3) is 5.40.